The number of carbonyl (C=O) groups is 1. The van der Waals surface area contributed by atoms with E-state index in [0.717, 1.165) is 24.7 Å². The summed E-state index contributed by atoms with van der Waals surface area (Å²) < 4.78 is 0.404. The van der Waals surface area contributed by atoms with Crippen LogP contribution < -0.4 is 10.6 Å². The summed E-state index contributed by atoms with van der Waals surface area (Å²) in [5.74, 6) is 1.65. The Balaban J connectivity index is 1.79. The zero-order chi connectivity index (χ0) is 14.0. The first-order chi connectivity index (χ1) is 9.69. The summed E-state index contributed by atoms with van der Waals surface area (Å²) >= 11 is 2.13. The van der Waals surface area contributed by atoms with Gasteiger partial charge in [-0.15, -0.1) is 0 Å². The molecule has 3 rings (SSSR count). The number of rotatable bonds is 2. The average Bonchev–Trinajstić information content (AvgIpc) is 2.48. The molecule has 1 aromatic rings. The molecule has 4 nitrogen and oxygen atoms in total. The van der Waals surface area contributed by atoms with Gasteiger partial charge in [-0.1, -0.05) is 19.3 Å². The van der Waals surface area contributed by atoms with Crippen molar-refractivity contribution in [3.63, 3.8) is 0 Å². The lowest BCUT2D eigenvalue weighted by Crippen LogP contribution is -2.48. The Kier molecular flexibility index (Phi) is 3.87. The van der Waals surface area contributed by atoms with Crippen LogP contribution in [0.1, 0.15) is 42.5 Å². The van der Waals surface area contributed by atoms with Crippen molar-refractivity contribution in [3.05, 3.63) is 23.9 Å². The van der Waals surface area contributed by atoms with Gasteiger partial charge in [-0.05, 0) is 25.0 Å². The highest BCUT2D eigenvalue weighted by atomic mass is 32.2. The fourth-order valence-electron chi connectivity index (χ4n) is 3.28. The van der Waals surface area contributed by atoms with Gasteiger partial charge in [0.25, 0.3) is 0 Å². The molecule has 0 atom stereocenters. The van der Waals surface area contributed by atoms with E-state index >= 15 is 0 Å². The predicted octanol–water partition coefficient (Wildman–Crippen LogP) is 2.44. The highest BCUT2D eigenvalue weighted by Crippen LogP contribution is 2.43. The Hall–Kier alpha value is -1.23. The van der Waals surface area contributed by atoms with Crippen LogP contribution in [-0.2, 0) is 0 Å². The van der Waals surface area contributed by atoms with Crippen molar-refractivity contribution in [2.75, 3.05) is 23.7 Å². The maximum absolute atomic E-state index is 11.3. The van der Waals surface area contributed by atoms with Crippen molar-refractivity contribution in [1.29, 1.82) is 0 Å². The van der Waals surface area contributed by atoms with Gasteiger partial charge in [-0.2, -0.15) is 11.8 Å². The van der Waals surface area contributed by atoms with Crippen molar-refractivity contribution < 1.29 is 4.79 Å². The lowest BCUT2D eigenvalue weighted by Gasteiger charge is -2.45. The van der Waals surface area contributed by atoms with Gasteiger partial charge in [0.1, 0.15) is 5.82 Å². The Morgan fingerprint density at radius 1 is 1.35 bits per heavy atom. The molecule has 0 bridgehead atoms. The zero-order valence-electron chi connectivity index (χ0n) is 11.7. The molecular weight excluding hydrogens is 270 g/mol. The molecule has 0 unspecified atom stereocenters. The second-order valence-electron chi connectivity index (χ2n) is 5.78. The molecule has 1 amide bonds. The number of pyridine rings is 1. The molecule has 2 aliphatic rings. The summed E-state index contributed by atoms with van der Waals surface area (Å²) in [7, 11) is 0. The van der Waals surface area contributed by atoms with Crippen LogP contribution >= 0.6 is 11.8 Å². The van der Waals surface area contributed by atoms with Crippen LogP contribution in [0.3, 0.4) is 0 Å². The van der Waals surface area contributed by atoms with Crippen molar-refractivity contribution >= 4 is 23.5 Å². The fraction of sp³-hybridized carbons (Fsp3) is 0.600. The monoisotopic (exact) mass is 291 g/mol. The first-order valence-corrected chi connectivity index (χ1v) is 8.32. The van der Waals surface area contributed by atoms with Crippen LogP contribution in [0.5, 0.6) is 0 Å². The molecule has 1 aliphatic carbocycles. The van der Waals surface area contributed by atoms with Crippen molar-refractivity contribution in [2.24, 2.45) is 5.73 Å². The molecule has 0 radical (unpaired) electrons. The number of nitrogens with two attached hydrogens (primary N) is 1. The topological polar surface area (TPSA) is 59.2 Å². The third-order valence-electron chi connectivity index (χ3n) is 4.37. The highest BCUT2D eigenvalue weighted by Gasteiger charge is 2.37. The molecule has 108 valence electrons. The van der Waals surface area contributed by atoms with E-state index in [4.69, 9.17) is 5.73 Å². The van der Waals surface area contributed by atoms with Crippen molar-refractivity contribution in [2.45, 2.75) is 36.9 Å². The normalized spacial score (nSPS) is 21.9. The maximum Gasteiger partial charge on any atom is 0.248 e. The summed E-state index contributed by atoms with van der Waals surface area (Å²) in [6.07, 6.45) is 8.36. The first kappa shape index (κ1) is 13.7. The van der Waals surface area contributed by atoms with Gasteiger partial charge in [0, 0.05) is 35.3 Å². The molecule has 1 spiro atoms. The van der Waals surface area contributed by atoms with Gasteiger partial charge in [0.15, 0.2) is 0 Å². The SMILES string of the molecule is NC(=O)c1ccnc(N2CCSC3(CCCCC3)C2)c1. The Labute approximate surface area is 124 Å². The van der Waals surface area contributed by atoms with E-state index in [-0.39, 0.29) is 5.91 Å². The second-order valence-corrected chi connectivity index (χ2v) is 7.34. The van der Waals surface area contributed by atoms with E-state index in [1.54, 1.807) is 12.3 Å². The van der Waals surface area contributed by atoms with E-state index in [9.17, 15) is 4.79 Å². The van der Waals surface area contributed by atoms with Crippen LogP contribution in [0.4, 0.5) is 5.82 Å². The zero-order valence-corrected chi connectivity index (χ0v) is 12.5. The number of thioether (sulfide) groups is 1. The van der Waals surface area contributed by atoms with Crippen molar-refractivity contribution in [3.8, 4) is 0 Å². The molecule has 0 aromatic carbocycles. The summed E-state index contributed by atoms with van der Waals surface area (Å²) in [4.78, 5) is 18.1. The lowest BCUT2D eigenvalue weighted by molar-refractivity contribution is 0.1000. The number of hydrogen-bond acceptors (Lipinski definition) is 4. The summed E-state index contributed by atoms with van der Waals surface area (Å²) in [6, 6.07) is 3.51. The molecule has 1 saturated heterocycles. The number of primary amides is 1. The molecule has 5 heteroatoms. The number of hydrogen-bond donors (Lipinski definition) is 1. The Morgan fingerprint density at radius 2 is 2.15 bits per heavy atom. The molecule has 1 aliphatic heterocycles. The first-order valence-electron chi connectivity index (χ1n) is 7.33. The van der Waals surface area contributed by atoms with Crippen LogP contribution in [0.2, 0.25) is 0 Å². The quantitative estimate of drug-likeness (QED) is 0.909. The maximum atomic E-state index is 11.3. The minimum atomic E-state index is -0.382. The smallest absolute Gasteiger partial charge is 0.248 e. The van der Waals surface area contributed by atoms with E-state index in [2.05, 4.69) is 21.6 Å². The number of nitrogens with zero attached hydrogens (tertiary/aromatic N) is 2. The number of amides is 1. The van der Waals surface area contributed by atoms with E-state index in [1.165, 1.54) is 32.1 Å². The van der Waals surface area contributed by atoms with Crippen molar-refractivity contribution in [1.82, 2.24) is 4.98 Å². The van der Waals surface area contributed by atoms with Crippen LogP contribution in [0.25, 0.3) is 0 Å². The van der Waals surface area contributed by atoms with E-state index < -0.39 is 0 Å². The summed E-state index contributed by atoms with van der Waals surface area (Å²) in [5.41, 5.74) is 5.91. The molecule has 1 aromatic heterocycles. The highest BCUT2D eigenvalue weighted by molar-refractivity contribution is 8.00. The molecule has 2 fully saturated rings. The van der Waals surface area contributed by atoms with Gasteiger partial charge in [-0.3, -0.25) is 4.79 Å². The van der Waals surface area contributed by atoms with E-state index in [0.29, 0.717) is 10.3 Å². The molecule has 2 heterocycles. The van der Waals surface area contributed by atoms with Crippen LogP contribution in [0, 0.1) is 0 Å². The summed E-state index contributed by atoms with van der Waals surface area (Å²) in [5, 5.41) is 0. The van der Waals surface area contributed by atoms with Crippen LogP contribution in [-0.4, -0.2) is 34.5 Å². The summed E-state index contributed by atoms with van der Waals surface area (Å²) in [6.45, 7) is 2.05. The third kappa shape index (κ3) is 2.77. The van der Waals surface area contributed by atoms with Gasteiger partial charge in [-0.25, -0.2) is 4.98 Å². The predicted molar refractivity (Wildman–Crippen MR) is 83.2 cm³/mol. The largest absolute Gasteiger partial charge is 0.366 e. The number of anilines is 1. The molecule has 2 N–H and O–H groups in total. The minimum absolute atomic E-state index is 0.382. The molecular formula is C15H21N3OS. The average molecular weight is 291 g/mol. The van der Waals surface area contributed by atoms with Gasteiger partial charge >= 0.3 is 0 Å². The molecule has 20 heavy (non-hydrogen) atoms. The van der Waals surface area contributed by atoms with Gasteiger partial charge in [0.2, 0.25) is 5.91 Å². The van der Waals surface area contributed by atoms with Gasteiger partial charge in [0.05, 0.1) is 0 Å². The fourth-order valence-corrected chi connectivity index (χ4v) is 4.85. The Bertz CT molecular complexity index is 494. The van der Waals surface area contributed by atoms with E-state index in [1.807, 2.05) is 6.07 Å². The Morgan fingerprint density at radius 3 is 2.90 bits per heavy atom. The van der Waals surface area contributed by atoms with Gasteiger partial charge < -0.3 is 10.6 Å². The second kappa shape index (κ2) is 5.64. The minimum Gasteiger partial charge on any atom is -0.366 e. The third-order valence-corrected chi connectivity index (χ3v) is 5.90. The standard InChI is InChI=1S/C15H21N3OS/c16-14(19)12-4-7-17-13(10-12)18-8-9-20-15(11-18)5-2-1-3-6-15/h4,7,10H,1-3,5-6,8-9,11H2,(H2,16,19). The van der Waals surface area contributed by atoms with Crippen LogP contribution in [0.15, 0.2) is 18.3 Å². The lowest BCUT2D eigenvalue weighted by atomic mass is 9.87. The molecule has 1 saturated carbocycles. The number of aromatic nitrogens is 1. The number of carbonyl (C=O) groups excluding carboxylic acids is 1.